The second-order valence-electron chi connectivity index (χ2n) is 10.5. The van der Waals surface area contributed by atoms with E-state index in [0.29, 0.717) is 18.7 Å². The molecule has 0 aromatic carbocycles. The fraction of sp³-hybridized carbons (Fsp3) is 0.750. The van der Waals surface area contributed by atoms with Crippen LogP contribution in [0, 0.1) is 16.7 Å². The van der Waals surface area contributed by atoms with E-state index in [2.05, 4.69) is 20.8 Å². The fourth-order valence-electron chi connectivity index (χ4n) is 3.65. The van der Waals surface area contributed by atoms with Crippen molar-refractivity contribution in [3.63, 3.8) is 0 Å². The zero-order valence-electron chi connectivity index (χ0n) is 18.6. The van der Waals surface area contributed by atoms with Crippen LogP contribution in [0.1, 0.15) is 74.1 Å². The maximum absolute atomic E-state index is 12.8. The van der Waals surface area contributed by atoms with Crippen LogP contribution in [0.15, 0.2) is 12.4 Å². The van der Waals surface area contributed by atoms with Crippen LogP contribution in [-0.4, -0.2) is 37.2 Å². The van der Waals surface area contributed by atoms with E-state index in [1.165, 1.54) is 0 Å². The van der Waals surface area contributed by atoms with Crippen molar-refractivity contribution in [3.8, 4) is 6.07 Å². The third kappa shape index (κ3) is 4.00. The molecule has 0 unspecified atom stereocenters. The van der Waals surface area contributed by atoms with Crippen molar-refractivity contribution in [1.29, 1.82) is 5.26 Å². The van der Waals surface area contributed by atoms with Gasteiger partial charge in [-0.1, -0.05) is 0 Å². The molecule has 29 heavy (non-hydrogen) atoms. The molecule has 3 rings (SSSR count). The molecule has 1 N–H and O–H groups in total. The highest BCUT2D eigenvalue weighted by atomic mass is 32.2. The second kappa shape index (κ2) is 6.84. The molecule has 0 spiro atoms. The SMILES string of the molecule is CC1(C#N)CC(N[S@](=O)C(C)(C)C)(c2ncc(B3OC(C)(C)C(C)(C)O3)cn2)C1. The van der Waals surface area contributed by atoms with Crippen LogP contribution in [0.5, 0.6) is 0 Å². The predicted molar refractivity (Wildman–Crippen MR) is 113 cm³/mol. The zero-order chi connectivity index (χ0) is 21.9. The Morgan fingerprint density at radius 1 is 1.10 bits per heavy atom. The Kier molecular flexibility index (Phi) is 5.27. The first-order chi connectivity index (χ1) is 13.1. The molecule has 1 saturated heterocycles. The van der Waals surface area contributed by atoms with Gasteiger partial charge in [0.15, 0.2) is 0 Å². The van der Waals surface area contributed by atoms with Gasteiger partial charge in [-0.25, -0.2) is 18.9 Å². The van der Waals surface area contributed by atoms with Gasteiger partial charge < -0.3 is 9.31 Å². The Bertz CT molecular complexity index is 836. The van der Waals surface area contributed by atoms with E-state index < -0.39 is 45.0 Å². The molecule has 1 saturated carbocycles. The van der Waals surface area contributed by atoms with Gasteiger partial charge in [0, 0.05) is 17.9 Å². The number of nitriles is 1. The third-order valence-corrected chi connectivity index (χ3v) is 7.81. The minimum Gasteiger partial charge on any atom is -0.399 e. The first kappa shape index (κ1) is 22.4. The van der Waals surface area contributed by atoms with Crippen LogP contribution in [-0.2, 0) is 25.8 Å². The Balaban J connectivity index is 1.86. The Hall–Kier alpha value is -1.34. The van der Waals surface area contributed by atoms with Crippen molar-refractivity contribution in [2.24, 2.45) is 5.41 Å². The van der Waals surface area contributed by atoms with E-state index in [4.69, 9.17) is 9.31 Å². The standard InChI is InChI=1S/C20H31BN4O3S/c1-16(2,3)29(26)25-20(11-19(8,12-20)13-22)15-23-9-14(10-24-15)21-27-17(4,5)18(6,7)28-21/h9-10,25H,11-12H2,1-8H3/t19?,20?,29-/m1/s1. The van der Waals surface area contributed by atoms with Crippen molar-refractivity contribution in [3.05, 3.63) is 18.2 Å². The molecule has 2 fully saturated rings. The largest absolute Gasteiger partial charge is 0.498 e. The maximum atomic E-state index is 12.8. The summed E-state index contributed by atoms with van der Waals surface area (Å²) in [5, 5.41) is 9.48. The van der Waals surface area contributed by atoms with Crippen LogP contribution in [0.2, 0.25) is 0 Å². The smallest absolute Gasteiger partial charge is 0.399 e. The minimum absolute atomic E-state index is 0.436. The summed E-state index contributed by atoms with van der Waals surface area (Å²) in [6.07, 6.45) is 4.42. The zero-order valence-corrected chi connectivity index (χ0v) is 19.4. The molecule has 1 aliphatic heterocycles. The molecule has 2 aliphatic rings. The molecule has 1 aromatic heterocycles. The van der Waals surface area contributed by atoms with Crippen LogP contribution in [0.4, 0.5) is 0 Å². The van der Waals surface area contributed by atoms with Crippen LogP contribution in [0.3, 0.4) is 0 Å². The first-order valence-corrected chi connectivity index (χ1v) is 11.1. The van der Waals surface area contributed by atoms with Gasteiger partial charge in [0.2, 0.25) is 0 Å². The average molecular weight is 418 g/mol. The fourth-order valence-corrected chi connectivity index (χ4v) is 4.55. The number of nitrogens with zero attached hydrogens (tertiary/aromatic N) is 3. The highest BCUT2D eigenvalue weighted by molar-refractivity contribution is 7.84. The minimum atomic E-state index is -1.31. The third-order valence-electron chi connectivity index (χ3n) is 6.12. The number of hydrogen-bond donors (Lipinski definition) is 1. The van der Waals surface area contributed by atoms with E-state index >= 15 is 0 Å². The lowest BCUT2D eigenvalue weighted by Crippen LogP contribution is -2.60. The first-order valence-electron chi connectivity index (χ1n) is 9.92. The van der Waals surface area contributed by atoms with Crippen molar-refractivity contribution in [1.82, 2.24) is 14.7 Å². The summed E-state index contributed by atoms with van der Waals surface area (Å²) in [5.74, 6) is 0.545. The number of nitrogens with one attached hydrogen (secondary N) is 1. The van der Waals surface area contributed by atoms with E-state index in [1.54, 1.807) is 12.4 Å². The maximum Gasteiger partial charge on any atom is 0.498 e. The lowest BCUT2D eigenvalue weighted by atomic mass is 9.59. The lowest BCUT2D eigenvalue weighted by molar-refractivity contribution is 0.00578. The summed E-state index contributed by atoms with van der Waals surface area (Å²) in [7, 11) is -1.84. The van der Waals surface area contributed by atoms with Crippen molar-refractivity contribution >= 4 is 23.6 Å². The monoisotopic (exact) mass is 418 g/mol. The van der Waals surface area contributed by atoms with Gasteiger partial charge in [-0.15, -0.1) is 0 Å². The predicted octanol–water partition coefficient (Wildman–Crippen LogP) is 2.35. The van der Waals surface area contributed by atoms with Crippen molar-refractivity contribution < 1.29 is 13.5 Å². The van der Waals surface area contributed by atoms with Crippen molar-refractivity contribution in [2.75, 3.05) is 0 Å². The average Bonchev–Trinajstić information content (AvgIpc) is 2.80. The molecule has 9 heteroatoms. The van der Waals surface area contributed by atoms with Crippen LogP contribution in [0.25, 0.3) is 0 Å². The lowest BCUT2D eigenvalue weighted by Gasteiger charge is -2.50. The second-order valence-corrected chi connectivity index (χ2v) is 12.5. The Morgan fingerprint density at radius 2 is 1.59 bits per heavy atom. The highest BCUT2D eigenvalue weighted by Crippen LogP contribution is 2.53. The van der Waals surface area contributed by atoms with Gasteiger partial charge in [0.05, 0.1) is 44.0 Å². The van der Waals surface area contributed by atoms with Crippen LogP contribution < -0.4 is 10.2 Å². The molecule has 2 heterocycles. The summed E-state index contributed by atoms with van der Waals surface area (Å²) in [4.78, 5) is 9.14. The normalized spacial score (nSPS) is 31.8. The molecule has 0 bridgehead atoms. The molecule has 1 aromatic rings. The molecular formula is C20H31BN4O3S. The van der Waals surface area contributed by atoms with Gasteiger partial charge in [0.25, 0.3) is 0 Å². The summed E-state index contributed by atoms with van der Waals surface area (Å²) >= 11 is 0. The molecule has 0 amide bonds. The summed E-state index contributed by atoms with van der Waals surface area (Å²) in [6, 6.07) is 2.35. The Morgan fingerprint density at radius 3 is 2.00 bits per heavy atom. The van der Waals surface area contributed by atoms with Gasteiger partial charge in [-0.2, -0.15) is 5.26 Å². The number of aromatic nitrogens is 2. The summed E-state index contributed by atoms with van der Waals surface area (Å²) in [5.41, 5.74) is -1.31. The summed E-state index contributed by atoms with van der Waals surface area (Å²) in [6.45, 7) is 15.6. The molecule has 1 atom stereocenters. The quantitative estimate of drug-likeness (QED) is 0.754. The summed E-state index contributed by atoms with van der Waals surface area (Å²) < 4.78 is 27.7. The van der Waals surface area contributed by atoms with Gasteiger partial charge >= 0.3 is 7.12 Å². The molecule has 7 nitrogen and oxygen atoms in total. The number of hydrogen-bond acceptors (Lipinski definition) is 6. The Labute approximate surface area is 176 Å². The van der Waals surface area contributed by atoms with E-state index in [9.17, 15) is 9.47 Å². The van der Waals surface area contributed by atoms with Gasteiger partial charge in [0.1, 0.15) is 5.82 Å². The molecule has 0 radical (unpaired) electrons. The molecular weight excluding hydrogens is 387 g/mol. The van der Waals surface area contributed by atoms with E-state index in [1.807, 2.05) is 55.4 Å². The topological polar surface area (TPSA) is 97.1 Å². The molecule has 1 aliphatic carbocycles. The highest BCUT2D eigenvalue weighted by Gasteiger charge is 2.57. The molecule has 158 valence electrons. The van der Waals surface area contributed by atoms with E-state index in [-0.39, 0.29) is 0 Å². The van der Waals surface area contributed by atoms with Gasteiger partial charge in [-0.3, -0.25) is 0 Å². The van der Waals surface area contributed by atoms with Crippen molar-refractivity contribution in [2.45, 2.75) is 89.7 Å². The van der Waals surface area contributed by atoms with Crippen LogP contribution >= 0.6 is 0 Å². The number of rotatable bonds is 4. The van der Waals surface area contributed by atoms with Gasteiger partial charge in [-0.05, 0) is 68.2 Å². The van der Waals surface area contributed by atoms with E-state index in [0.717, 1.165) is 5.46 Å².